The first-order chi connectivity index (χ1) is 20.1. The maximum Gasteiger partial charge on any atom is 0.471 e. The number of methoxy groups -OCH3 is 3. The number of nitrogens with zero attached hydrogens (tertiary/aromatic N) is 4. The van der Waals surface area contributed by atoms with E-state index in [-0.39, 0.29) is 41.6 Å². The van der Waals surface area contributed by atoms with Crippen LogP contribution in [-0.4, -0.2) is 64.3 Å². The highest BCUT2D eigenvalue weighted by Crippen LogP contribution is 2.41. The van der Waals surface area contributed by atoms with Crippen molar-refractivity contribution in [3.05, 3.63) is 59.1 Å². The van der Waals surface area contributed by atoms with Crippen LogP contribution in [0.15, 0.2) is 30.5 Å². The van der Waals surface area contributed by atoms with Crippen LogP contribution in [0.3, 0.4) is 0 Å². The number of rotatable bonds is 10. The summed E-state index contributed by atoms with van der Waals surface area (Å²) in [4.78, 5) is 44.9. The van der Waals surface area contributed by atoms with E-state index < -0.39 is 38.7 Å². The summed E-state index contributed by atoms with van der Waals surface area (Å²) in [6.07, 6.45) is 0.982. The summed E-state index contributed by atoms with van der Waals surface area (Å²) >= 11 is 0. The molecule has 0 spiro atoms. The molecular formula is C25H28FN4O9P. The van der Waals surface area contributed by atoms with Crippen molar-refractivity contribution in [2.75, 3.05) is 33.0 Å². The molecule has 1 unspecified atom stereocenters. The maximum atomic E-state index is 14.8. The van der Waals surface area contributed by atoms with Gasteiger partial charge in [0.2, 0.25) is 5.75 Å². The largest absolute Gasteiger partial charge is 0.493 e. The lowest BCUT2D eigenvalue weighted by molar-refractivity contribution is -0.133. The lowest BCUT2D eigenvalue weighted by Crippen LogP contribution is -2.53. The predicted molar refractivity (Wildman–Crippen MR) is 138 cm³/mol. The van der Waals surface area contributed by atoms with Gasteiger partial charge < -0.3 is 28.7 Å². The summed E-state index contributed by atoms with van der Waals surface area (Å²) in [6, 6.07) is 6.14. The summed E-state index contributed by atoms with van der Waals surface area (Å²) in [5.41, 5.74) is -1.59. The van der Waals surface area contributed by atoms with Crippen molar-refractivity contribution in [2.45, 2.75) is 32.2 Å². The van der Waals surface area contributed by atoms with Crippen LogP contribution >= 0.6 is 7.82 Å². The van der Waals surface area contributed by atoms with Crippen LogP contribution in [0.5, 0.6) is 23.0 Å². The first-order valence-corrected chi connectivity index (χ1v) is 13.1. The highest BCUT2D eigenvalue weighted by atomic mass is 31.2. The third kappa shape index (κ3) is 6.31. The molecule has 0 fully saturated rings. The molecule has 0 saturated heterocycles. The Morgan fingerprint density at radius 2 is 1.82 bits per heavy atom. The Bertz CT molecular complexity index is 1570. The average molecular weight is 582 g/mol. The average Bonchev–Trinajstić information content (AvgIpc) is 2.93. The predicted octanol–water partition coefficient (Wildman–Crippen LogP) is 2.79. The second-order valence-electron chi connectivity index (χ2n) is 8.71. The van der Waals surface area contributed by atoms with Crippen molar-refractivity contribution >= 4 is 19.5 Å². The fraction of sp³-hybridized carbons (Fsp3) is 0.360. The van der Waals surface area contributed by atoms with Crippen LogP contribution in [0.2, 0.25) is 0 Å². The molecule has 1 aliphatic rings. The van der Waals surface area contributed by atoms with Crippen molar-refractivity contribution in [2.24, 2.45) is 0 Å². The zero-order chi connectivity index (χ0) is 31.7. The number of aromatic nitrogens is 3. The topological polar surface area (TPSA) is 163 Å². The number of carbonyl (C=O) groups is 1. The zero-order valence-corrected chi connectivity index (χ0v) is 22.8. The first-order valence-electron chi connectivity index (χ1n) is 13.1. The number of anilines is 1. The van der Waals surface area contributed by atoms with Gasteiger partial charge in [0.05, 0.1) is 33.2 Å². The van der Waals surface area contributed by atoms with E-state index in [1.807, 2.05) is 0 Å². The fourth-order valence-corrected chi connectivity index (χ4v) is 4.23. The van der Waals surface area contributed by atoms with Crippen LogP contribution in [-0.2, 0) is 26.7 Å². The molecule has 0 saturated carbocycles. The van der Waals surface area contributed by atoms with Crippen LogP contribution in [0, 0.1) is 5.82 Å². The monoisotopic (exact) mass is 581 g/mol. The standard InChI is InChI=1S/C25H28FN4O9P/c1-25(2)24(31)30(13-38-40(32,33)34)23-18(39-25)7-6-15(28-23)11-17-16(26)12-27-21(29-17)10-14-8-19(35-3)22(37-5)20(9-14)36-4/h6-9,12H,10-11,13H2,1-5H3,(H2,32,33,34)/i1D3. The molecule has 40 heavy (non-hydrogen) atoms. The van der Waals surface area contributed by atoms with Gasteiger partial charge in [0.1, 0.15) is 12.6 Å². The smallest absolute Gasteiger partial charge is 0.471 e. The van der Waals surface area contributed by atoms with Crippen molar-refractivity contribution < 1.29 is 51.1 Å². The highest BCUT2D eigenvalue weighted by Gasteiger charge is 2.42. The Hall–Kier alpha value is -3.84. The van der Waals surface area contributed by atoms with Crippen molar-refractivity contribution in [1.29, 1.82) is 0 Å². The van der Waals surface area contributed by atoms with Gasteiger partial charge in [-0.3, -0.25) is 14.2 Å². The summed E-state index contributed by atoms with van der Waals surface area (Å²) in [7, 11) is -0.648. The number of pyridine rings is 1. The number of carbonyl (C=O) groups excluding carboxylic acids is 1. The number of halogens is 1. The number of ether oxygens (including phenoxy) is 4. The Labute approximate surface area is 233 Å². The van der Waals surface area contributed by atoms with E-state index in [0.717, 1.165) is 13.1 Å². The van der Waals surface area contributed by atoms with E-state index >= 15 is 0 Å². The van der Waals surface area contributed by atoms with Gasteiger partial charge in [0.25, 0.3) is 5.91 Å². The number of hydrogen-bond donors (Lipinski definition) is 2. The van der Waals surface area contributed by atoms with Crippen LogP contribution in [0.4, 0.5) is 10.2 Å². The van der Waals surface area contributed by atoms with Crippen molar-refractivity contribution in [1.82, 2.24) is 15.0 Å². The molecular weight excluding hydrogens is 550 g/mol. The van der Waals surface area contributed by atoms with Crippen LogP contribution in [0.25, 0.3) is 0 Å². The molecule has 1 atom stereocenters. The number of fused-ring (bicyclic) bond motifs is 1. The molecule has 3 heterocycles. The molecule has 2 aromatic heterocycles. The molecule has 13 nitrogen and oxygen atoms in total. The van der Waals surface area contributed by atoms with Gasteiger partial charge in [-0.2, -0.15) is 0 Å². The van der Waals surface area contributed by atoms with Crippen LogP contribution < -0.4 is 23.8 Å². The SMILES string of the molecule is [2H]C([2H])([2H])C1(C)Oc2ccc(Cc3nc(Cc4cc(OC)c(OC)c(OC)c4)ncc3F)nc2N(COP(=O)(O)O)C1=O. The molecule has 1 amide bonds. The second-order valence-corrected chi connectivity index (χ2v) is 9.95. The summed E-state index contributed by atoms with van der Waals surface area (Å²) in [5.74, 6) is -0.863. The second kappa shape index (κ2) is 11.3. The van der Waals surface area contributed by atoms with Gasteiger partial charge in [-0.15, -0.1) is 0 Å². The van der Waals surface area contributed by atoms with E-state index in [4.69, 9.17) is 23.1 Å². The fourth-order valence-electron chi connectivity index (χ4n) is 3.96. The highest BCUT2D eigenvalue weighted by molar-refractivity contribution is 7.46. The van der Waals surface area contributed by atoms with Crippen molar-refractivity contribution in [3.8, 4) is 23.0 Å². The number of benzene rings is 1. The molecule has 214 valence electrons. The van der Waals surface area contributed by atoms with Crippen LogP contribution in [0.1, 0.15) is 40.7 Å². The van der Waals surface area contributed by atoms with Gasteiger partial charge in [-0.1, -0.05) is 0 Å². The van der Waals surface area contributed by atoms with Gasteiger partial charge in [0, 0.05) is 22.6 Å². The minimum Gasteiger partial charge on any atom is -0.493 e. The minimum atomic E-state index is -5.07. The molecule has 0 radical (unpaired) electrons. The third-order valence-corrected chi connectivity index (χ3v) is 6.23. The molecule has 1 aromatic carbocycles. The van der Waals surface area contributed by atoms with Gasteiger partial charge >= 0.3 is 7.82 Å². The van der Waals surface area contributed by atoms with E-state index in [1.165, 1.54) is 33.5 Å². The Kier molecular flexibility index (Phi) is 7.13. The Balaban J connectivity index is 1.66. The molecule has 0 bridgehead atoms. The number of amides is 1. The minimum absolute atomic E-state index is 0.0432. The molecule has 0 aliphatic carbocycles. The zero-order valence-electron chi connectivity index (χ0n) is 24.9. The molecule has 1 aliphatic heterocycles. The van der Waals surface area contributed by atoms with E-state index in [0.29, 0.717) is 27.7 Å². The van der Waals surface area contributed by atoms with Crippen molar-refractivity contribution in [3.63, 3.8) is 0 Å². The summed E-state index contributed by atoms with van der Waals surface area (Å²) < 4.78 is 75.6. The number of hydrogen-bond acceptors (Lipinski definition) is 10. The molecule has 3 aromatic rings. The quantitative estimate of drug-likeness (QED) is 0.337. The van der Waals surface area contributed by atoms with E-state index in [2.05, 4.69) is 19.5 Å². The summed E-state index contributed by atoms with van der Waals surface area (Å²) in [5, 5.41) is 0. The van der Waals surface area contributed by atoms with E-state index in [1.54, 1.807) is 12.1 Å². The van der Waals surface area contributed by atoms with Gasteiger partial charge in [-0.25, -0.2) is 23.9 Å². The Morgan fingerprint density at radius 1 is 1.12 bits per heavy atom. The third-order valence-electron chi connectivity index (χ3n) is 5.78. The Morgan fingerprint density at radius 3 is 2.42 bits per heavy atom. The lowest BCUT2D eigenvalue weighted by Gasteiger charge is -2.37. The van der Waals surface area contributed by atoms with Gasteiger partial charge in [-0.05, 0) is 43.6 Å². The normalized spacial score (nSPS) is 18.2. The molecule has 4 rings (SSSR count). The number of phosphoric ester groups is 1. The number of phosphoric acid groups is 1. The molecule has 15 heteroatoms. The lowest BCUT2D eigenvalue weighted by atomic mass is 10.1. The first kappa shape index (κ1) is 25.1. The summed E-state index contributed by atoms with van der Waals surface area (Å²) in [6.45, 7) is -2.96. The van der Waals surface area contributed by atoms with Gasteiger partial charge in [0.15, 0.2) is 34.5 Å². The maximum absolute atomic E-state index is 14.8. The van der Waals surface area contributed by atoms with E-state index in [9.17, 15) is 23.5 Å². The molecule has 2 N–H and O–H groups in total.